The van der Waals surface area contributed by atoms with E-state index >= 15 is 0 Å². The van der Waals surface area contributed by atoms with E-state index in [1.807, 2.05) is 41.4 Å². The van der Waals surface area contributed by atoms with E-state index in [2.05, 4.69) is 5.10 Å². The number of rotatable bonds is 5. The van der Waals surface area contributed by atoms with Crippen LogP contribution in [0.25, 0.3) is 5.69 Å². The van der Waals surface area contributed by atoms with Gasteiger partial charge < -0.3 is 10.0 Å². The van der Waals surface area contributed by atoms with Gasteiger partial charge in [-0.15, -0.1) is 0 Å². The highest BCUT2D eigenvalue weighted by atomic mass is 16.4. The zero-order valence-electron chi connectivity index (χ0n) is 13.5. The summed E-state index contributed by atoms with van der Waals surface area (Å²) in [4.78, 5) is 25.0. The zero-order valence-corrected chi connectivity index (χ0v) is 13.5. The van der Waals surface area contributed by atoms with Crippen molar-refractivity contribution in [2.45, 2.75) is 25.7 Å². The molecule has 0 radical (unpaired) electrons. The molecular formula is C18H21N3O3. The molecule has 24 heavy (non-hydrogen) atoms. The molecule has 1 amide bonds. The molecule has 6 nitrogen and oxygen atoms in total. The lowest BCUT2D eigenvalue weighted by atomic mass is 9.93. The first kappa shape index (κ1) is 16.2. The van der Waals surface area contributed by atoms with Crippen LogP contribution in [0.3, 0.4) is 0 Å². The summed E-state index contributed by atoms with van der Waals surface area (Å²) in [6, 6.07) is 9.77. The van der Waals surface area contributed by atoms with E-state index in [9.17, 15) is 9.59 Å². The van der Waals surface area contributed by atoms with Crippen LogP contribution in [0.1, 0.15) is 24.8 Å². The van der Waals surface area contributed by atoms with E-state index in [0.29, 0.717) is 19.5 Å². The van der Waals surface area contributed by atoms with Crippen molar-refractivity contribution in [3.05, 3.63) is 48.3 Å². The maximum absolute atomic E-state index is 12.4. The molecule has 126 valence electrons. The lowest BCUT2D eigenvalue weighted by Crippen LogP contribution is -2.39. The number of nitrogens with zero attached hydrogens (tertiary/aromatic N) is 3. The molecule has 0 aliphatic carbocycles. The summed E-state index contributed by atoms with van der Waals surface area (Å²) in [5, 5.41) is 13.2. The average Bonchev–Trinajstić information content (AvgIpc) is 3.04. The van der Waals surface area contributed by atoms with Crippen molar-refractivity contribution in [3.63, 3.8) is 0 Å². The molecule has 1 aliphatic heterocycles. The zero-order chi connectivity index (χ0) is 16.9. The number of carbonyl (C=O) groups excluding carboxylic acids is 1. The Morgan fingerprint density at radius 2 is 1.88 bits per heavy atom. The van der Waals surface area contributed by atoms with Crippen LogP contribution in [0.15, 0.2) is 42.7 Å². The second kappa shape index (κ2) is 7.29. The van der Waals surface area contributed by atoms with Gasteiger partial charge in [-0.2, -0.15) is 5.10 Å². The number of carbonyl (C=O) groups is 2. The van der Waals surface area contributed by atoms with Crippen LogP contribution in [-0.4, -0.2) is 44.8 Å². The van der Waals surface area contributed by atoms with Crippen LogP contribution in [0.4, 0.5) is 0 Å². The first-order valence-corrected chi connectivity index (χ1v) is 8.20. The summed E-state index contributed by atoms with van der Waals surface area (Å²) in [5.41, 5.74) is 1.85. The van der Waals surface area contributed by atoms with Crippen LogP contribution >= 0.6 is 0 Å². The molecule has 0 saturated carbocycles. The summed E-state index contributed by atoms with van der Waals surface area (Å²) < 4.78 is 1.77. The molecule has 1 aromatic carbocycles. The SMILES string of the molecule is O=C(O)CC1CCN(C(=O)Cc2cnn(-c3ccccc3)c2)CC1. The Morgan fingerprint density at radius 3 is 2.54 bits per heavy atom. The molecule has 6 heteroatoms. The molecule has 0 spiro atoms. The fraction of sp³-hybridized carbons (Fsp3) is 0.389. The molecule has 1 N–H and O–H groups in total. The largest absolute Gasteiger partial charge is 0.481 e. The van der Waals surface area contributed by atoms with Gasteiger partial charge in [-0.3, -0.25) is 9.59 Å². The van der Waals surface area contributed by atoms with Crippen molar-refractivity contribution < 1.29 is 14.7 Å². The van der Waals surface area contributed by atoms with E-state index in [4.69, 9.17) is 5.11 Å². The Morgan fingerprint density at radius 1 is 1.17 bits per heavy atom. The molecule has 0 bridgehead atoms. The van der Waals surface area contributed by atoms with Crippen molar-refractivity contribution in [1.82, 2.24) is 14.7 Å². The molecule has 1 aromatic heterocycles. The van der Waals surface area contributed by atoms with Crippen molar-refractivity contribution in [3.8, 4) is 5.69 Å². The quantitative estimate of drug-likeness (QED) is 0.913. The number of carboxylic acids is 1. The number of hydrogen-bond acceptors (Lipinski definition) is 3. The van der Waals surface area contributed by atoms with Crippen LogP contribution in [0, 0.1) is 5.92 Å². The van der Waals surface area contributed by atoms with E-state index in [0.717, 1.165) is 24.1 Å². The van der Waals surface area contributed by atoms with Gasteiger partial charge in [0.1, 0.15) is 0 Å². The van der Waals surface area contributed by atoms with Gasteiger partial charge in [0.15, 0.2) is 0 Å². The lowest BCUT2D eigenvalue weighted by molar-refractivity contribution is -0.138. The third-order valence-corrected chi connectivity index (χ3v) is 4.44. The molecular weight excluding hydrogens is 306 g/mol. The molecule has 1 fully saturated rings. The highest BCUT2D eigenvalue weighted by Crippen LogP contribution is 2.21. The van der Waals surface area contributed by atoms with Crippen molar-refractivity contribution in [2.24, 2.45) is 5.92 Å². The normalized spacial score (nSPS) is 15.4. The van der Waals surface area contributed by atoms with Crippen molar-refractivity contribution in [2.75, 3.05) is 13.1 Å². The number of aromatic nitrogens is 2. The van der Waals surface area contributed by atoms with Gasteiger partial charge in [0.25, 0.3) is 0 Å². The summed E-state index contributed by atoms with van der Waals surface area (Å²) >= 11 is 0. The Labute approximate surface area is 140 Å². The summed E-state index contributed by atoms with van der Waals surface area (Å²) in [6.45, 7) is 1.28. The van der Waals surface area contributed by atoms with Crippen LogP contribution in [0.2, 0.25) is 0 Å². The minimum Gasteiger partial charge on any atom is -0.481 e. The van der Waals surface area contributed by atoms with E-state index in [1.165, 1.54) is 0 Å². The topological polar surface area (TPSA) is 75.4 Å². The number of carboxylic acid groups (broad SMARTS) is 1. The summed E-state index contributed by atoms with van der Waals surface area (Å²) in [5.74, 6) is -0.489. The Kier molecular flexibility index (Phi) is 4.93. The van der Waals surface area contributed by atoms with Gasteiger partial charge in [0, 0.05) is 25.7 Å². The van der Waals surface area contributed by atoms with Gasteiger partial charge in [0.2, 0.25) is 5.91 Å². The fourth-order valence-corrected chi connectivity index (χ4v) is 3.09. The maximum atomic E-state index is 12.4. The number of amides is 1. The molecule has 1 aliphatic rings. The predicted octanol–water partition coefficient (Wildman–Crippen LogP) is 2.13. The molecule has 0 unspecified atom stereocenters. The Balaban J connectivity index is 1.54. The summed E-state index contributed by atoms with van der Waals surface area (Å²) in [6.07, 6.45) is 5.66. The van der Waals surface area contributed by atoms with Crippen molar-refractivity contribution >= 4 is 11.9 Å². The van der Waals surface area contributed by atoms with E-state index in [1.54, 1.807) is 10.9 Å². The lowest BCUT2D eigenvalue weighted by Gasteiger charge is -2.31. The van der Waals surface area contributed by atoms with Crippen LogP contribution < -0.4 is 0 Å². The molecule has 1 saturated heterocycles. The van der Waals surface area contributed by atoms with Crippen molar-refractivity contribution in [1.29, 1.82) is 0 Å². The standard InChI is InChI=1S/C18H21N3O3/c22-17(20-8-6-14(7-9-20)11-18(23)24)10-15-12-19-21(13-15)16-4-2-1-3-5-16/h1-5,12-14H,6-11H2,(H,23,24). The van der Waals surface area contributed by atoms with Crippen LogP contribution in [0.5, 0.6) is 0 Å². The molecule has 2 aromatic rings. The first-order chi connectivity index (χ1) is 11.6. The summed E-state index contributed by atoms with van der Waals surface area (Å²) in [7, 11) is 0. The molecule has 0 atom stereocenters. The Bertz CT molecular complexity index is 703. The average molecular weight is 327 g/mol. The number of benzene rings is 1. The minimum absolute atomic E-state index is 0.0800. The van der Waals surface area contributed by atoms with Gasteiger partial charge in [-0.1, -0.05) is 18.2 Å². The second-order valence-corrected chi connectivity index (χ2v) is 6.23. The number of piperidine rings is 1. The number of likely N-dealkylation sites (tertiary alicyclic amines) is 1. The van der Waals surface area contributed by atoms with Crippen LogP contribution in [-0.2, 0) is 16.0 Å². The third kappa shape index (κ3) is 4.01. The molecule has 2 heterocycles. The van der Waals surface area contributed by atoms with Gasteiger partial charge in [-0.25, -0.2) is 4.68 Å². The number of aliphatic carboxylic acids is 1. The second-order valence-electron chi connectivity index (χ2n) is 6.23. The van der Waals surface area contributed by atoms with E-state index in [-0.39, 0.29) is 18.2 Å². The van der Waals surface area contributed by atoms with Gasteiger partial charge in [-0.05, 0) is 36.5 Å². The first-order valence-electron chi connectivity index (χ1n) is 8.20. The third-order valence-electron chi connectivity index (χ3n) is 4.44. The van der Waals surface area contributed by atoms with E-state index < -0.39 is 5.97 Å². The highest BCUT2D eigenvalue weighted by Gasteiger charge is 2.24. The number of para-hydroxylation sites is 1. The maximum Gasteiger partial charge on any atom is 0.303 e. The number of hydrogen-bond donors (Lipinski definition) is 1. The van der Waals surface area contributed by atoms with Gasteiger partial charge in [0.05, 0.1) is 18.3 Å². The Hall–Kier alpha value is -2.63. The molecule has 3 rings (SSSR count). The smallest absolute Gasteiger partial charge is 0.303 e. The minimum atomic E-state index is -0.756. The highest BCUT2D eigenvalue weighted by molar-refractivity contribution is 5.78. The fourth-order valence-electron chi connectivity index (χ4n) is 3.09. The van der Waals surface area contributed by atoms with Gasteiger partial charge >= 0.3 is 5.97 Å². The predicted molar refractivity (Wildman–Crippen MR) is 88.8 cm³/mol. The monoisotopic (exact) mass is 327 g/mol.